The lowest BCUT2D eigenvalue weighted by Crippen LogP contribution is -1.98. The summed E-state index contributed by atoms with van der Waals surface area (Å²) in [6.45, 7) is 0. The molecule has 2 aromatic rings. The van der Waals surface area contributed by atoms with E-state index in [-0.39, 0.29) is 12.2 Å². The van der Waals surface area contributed by atoms with E-state index < -0.39 is 5.76 Å². The predicted molar refractivity (Wildman–Crippen MR) is 51.8 cm³/mol. The number of rotatable bonds is 3. The third kappa shape index (κ3) is 1.71. The molecule has 15 heavy (non-hydrogen) atoms. The number of hydrogen-bond acceptors (Lipinski definition) is 4. The highest BCUT2D eigenvalue weighted by Crippen LogP contribution is 2.13. The van der Waals surface area contributed by atoms with E-state index in [1.165, 1.54) is 6.07 Å². The SMILES string of the molecule is O=CCC(=O)c1ccc2[nH]c(=O)oc2c1. The minimum atomic E-state index is -0.565. The Hall–Kier alpha value is -2.17. The molecular weight excluding hydrogens is 198 g/mol. The Labute approximate surface area is 83.7 Å². The number of aromatic amines is 1. The van der Waals surface area contributed by atoms with E-state index in [0.717, 1.165) is 0 Å². The molecule has 0 aliphatic carbocycles. The van der Waals surface area contributed by atoms with Crippen molar-refractivity contribution in [3.05, 3.63) is 34.3 Å². The smallest absolute Gasteiger partial charge is 0.408 e. The number of benzene rings is 1. The van der Waals surface area contributed by atoms with Crippen molar-refractivity contribution >= 4 is 23.2 Å². The Kier molecular flexibility index (Phi) is 2.21. The summed E-state index contributed by atoms with van der Waals surface area (Å²) in [6, 6.07) is 4.55. The van der Waals surface area contributed by atoms with Gasteiger partial charge < -0.3 is 9.21 Å². The van der Waals surface area contributed by atoms with Crippen LogP contribution in [0.4, 0.5) is 0 Å². The van der Waals surface area contributed by atoms with Crippen LogP contribution in [0.25, 0.3) is 11.1 Å². The maximum Gasteiger partial charge on any atom is 0.417 e. The van der Waals surface area contributed by atoms with Crippen LogP contribution in [0.5, 0.6) is 0 Å². The van der Waals surface area contributed by atoms with Crippen molar-refractivity contribution in [2.75, 3.05) is 0 Å². The predicted octanol–water partition coefficient (Wildman–Crippen LogP) is 0.893. The standard InChI is InChI=1S/C10H7NO4/c12-4-3-8(13)6-1-2-7-9(5-6)15-10(14)11-7/h1-2,4-5H,3H2,(H,11,14). The second kappa shape index (κ2) is 3.53. The van der Waals surface area contributed by atoms with Crippen molar-refractivity contribution < 1.29 is 14.0 Å². The lowest BCUT2D eigenvalue weighted by Gasteiger charge is -1.95. The van der Waals surface area contributed by atoms with Gasteiger partial charge in [-0.1, -0.05) is 0 Å². The van der Waals surface area contributed by atoms with Gasteiger partial charge in [-0.15, -0.1) is 0 Å². The molecule has 5 nitrogen and oxygen atoms in total. The number of H-pyrrole nitrogens is 1. The van der Waals surface area contributed by atoms with Gasteiger partial charge in [-0.3, -0.25) is 9.78 Å². The number of hydrogen-bond donors (Lipinski definition) is 1. The fourth-order valence-corrected chi connectivity index (χ4v) is 1.31. The Morgan fingerprint density at radius 2 is 2.27 bits per heavy atom. The van der Waals surface area contributed by atoms with Crippen LogP contribution in [0.1, 0.15) is 16.8 Å². The summed E-state index contributed by atoms with van der Waals surface area (Å²) in [4.78, 5) is 34.8. The maximum atomic E-state index is 11.3. The number of aromatic nitrogens is 1. The average Bonchev–Trinajstić information content (AvgIpc) is 2.57. The molecule has 0 saturated carbocycles. The molecule has 0 fully saturated rings. The largest absolute Gasteiger partial charge is 0.417 e. The van der Waals surface area contributed by atoms with Crippen LogP contribution in [0.2, 0.25) is 0 Å². The first-order valence-electron chi connectivity index (χ1n) is 4.30. The van der Waals surface area contributed by atoms with E-state index in [2.05, 4.69) is 4.98 Å². The number of fused-ring (bicyclic) bond motifs is 1. The highest BCUT2D eigenvalue weighted by Gasteiger charge is 2.08. The molecule has 0 radical (unpaired) electrons. The molecule has 0 saturated heterocycles. The lowest BCUT2D eigenvalue weighted by molar-refractivity contribution is -0.107. The number of oxazole rings is 1. The quantitative estimate of drug-likeness (QED) is 0.458. The summed E-state index contributed by atoms with van der Waals surface area (Å²) in [6.07, 6.45) is 0.375. The van der Waals surface area contributed by atoms with Crippen molar-refractivity contribution in [3.8, 4) is 0 Å². The molecule has 0 atom stereocenters. The Balaban J connectivity index is 2.50. The zero-order chi connectivity index (χ0) is 10.8. The van der Waals surface area contributed by atoms with Crippen molar-refractivity contribution in [1.82, 2.24) is 4.98 Å². The first kappa shape index (κ1) is 9.39. The van der Waals surface area contributed by atoms with E-state index in [4.69, 9.17) is 4.42 Å². The van der Waals surface area contributed by atoms with Crippen LogP contribution < -0.4 is 5.76 Å². The molecular formula is C10H7NO4. The van der Waals surface area contributed by atoms with Crippen LogP contribution >= 0.6 is 0 Å². The molecule has 1 N–H and O–H groups in total. The molecule has 0 spiro atoms. The minimum Gasteiger partial charge on any atom is -0.408 e. The number of aldehydes is 1. The zero-order valence-electron chi connectivity index (χ0n) is 7.65. The van der Waals surface area contributed by atoms with E-state index >= 15 is 0 Å². The second-order valence-corrected chi connectivity index (χ2v) is 3.02. The first-order chi connectivity index (χ1) is 7.20. The summed E-state index contributed by atoms with van der Waals surface area (Å²) in [5, 5.41) is 0. The van der Waals surface area contributed by atoms with Gasteiger partial charge in [-0.05, 0) is 18.2 Å². The van der Waals surface area contributed by atoms with Gasteiger partial charge in [-0.2, -0.15) is 0 Å². The van der Waals surface area contributed by atoms with Gasteiger partial charge in [0.1, 0.15) is 6.29 Å². The van der Waals surface area contributed by atoms with Crippen molar-refractivity contribution in [3.63, 3.8) is 0 Å². The maximum absolute atomic E-state index is 11.3. The highest BCUT2D eigenvalue weighted by molar-refractivity contribution is 6.04. The van der Waals surface area contributed by atoms with E-state index in [1.807, 2.05) is 0 Å². The van der Waals surface area contributed by atoms with Crippen molar-refractivity contribution in [2.45, 2.75) is 6.42 Å². The summed E-state index contributed by atoms with van der Waals surface area (Å²) < 4.78 is 4.79. The first-order valence-corrected chi connectivity index (χ1v) is 4.30. The molecule has 0 bridgehead atoms. The number of nitrogens with one attached hydrogen (secondary N) is 1. The van der Waals surface area contributed by atoms with Crippen LogP contribution in [0.3, 0.4) is 0 Å². The van der Waals surface area contributed by atoms with Gasteiger partial charge in [0.05, 0.1) is 11.9 Å². The minimum absolute atomic E-state index is 0.167. The third-order valence-corrected chi connectivity index (χ3v) is 2.01. The van der Waals surface area contributed by atoms with E-state index in [9.17, 15) is 14.4 Å². The third-order valence-electron chi connectivity index (χ3n) is 2.01. The van der Waals surface area contributed by atoms with Gasteiger partial charge in [-0.25, -0.2) is 4.79 Å². The molecule has 0 amide bonds. The van der Waals surface area contributed by atoms with Crippen LogP contribution in [0.15, 0.2) is 27.4 Å². The zero-order valence-corrected chi connectivity index (χ0v) is 7.65. The number of carbonyl (C=O) groups excluding carboxylic acids is 2. The van der Waals surface area contributed by atoms with Crippen LogP contribution in [-0.2, 0) is 4.79 Å². The number of carbonyl (C=O) groups is 2. The monoisotopic (exact) mass is 205 g/mol. The summed E-state index contributed by atoms with van der Waals surface area (Å²) in [7, 11) is 0. The highest BCUT2D eigenvalue weighted by atomic mass is 16.4. The summed E-state index contributed by atoms with van der Waals surface area (Å²) in [5.41, 5.74) is 1.21. The normalized spacial score (nSPS) is 10.4. The van der Waals surface area contributed by atoms with E-state index in [1.54, 1.807) is 12.1 Å². The van der Waals surface area contributed by atoms with E-state index in [0.29, 0.717) is 22.9 Å². The van der Waals surface area contributed by atoms with Crippen LogP contribution in [-0.4, -0.2) is 17.1 Å². The molecule has 1 heterocycles. The molecule has 1 aromatic heterocycles. The molecule has 0 aliphatic heterocycles. The Morgan fingerprint density at radius 3 is 3.00 bits per heavy atom. The van der Waals surface area contributed by atoms with Crippen molar-refractivity contribution in [2.24, 2.45) is 0 Å². The molecule has 76 valence electrons. The fraction of sp³-hybridized carbons (Fsp3) is 0.100. The van der Waals surface area contributed by atoms with Gasteiger partial charge >= 0.3 is 5.76 Å². The van der Waals surface area contributed by atoms with Gasteiger partial charge in [0, 0.05) is 5.56 Å². The topological polar surface area (TPSA) is 80.1 Å². The Bertz CT molecular complexity index is 578. The Morgan fingerprint density at radius 1 is 1.47 bits per heavy atom. The van der Waals surface area contributed by atoms with Gasteiger partial charge in [0.2, 0.25) is 0 Å². The fourth-order valence-electron chi connectivity index (χ4n) is 1.31. The summed E-state index contributed by atoms with van der Waals surface area (Å²) in [5.74, 6) is -0.860. The molecule has 5 heteroatoms. The van der Waals surface area contributed by atoms with Gasteiger partial charge in [0.25, 0.3) is 0 Å². The molecule has 1 aromatic carbocycles. The average molecular weight is 205 g/mol. The van der Waals surface area contributed by atoms with Gasteiger partial charge in [0.15, 0.2) is 11.4 Å². The van der Waals surface area contributed by atoms with Crippen molar-refractivity contribution in [1.29, 1.82) is 0 Å². The van der Waals surface area contributed by atoms with Crippen LogP contribution in [0, 0.1) is 0 Å². The molecule has 0 unspecified atom stereocenters. The number of Topliss-reactive ketones (excluding diaryl/α,β-unsaturated/α-hetero) is 1. The summed E-state index contributed by atoms with van der Waals surface area (Å²) >= 11 is 0. The molecule has 2 rings (SSSR count). The second-order valence-electron chi connectivity index (χ2n) is 3.02. The lowest BCUT2D eigenvalue weighted by atomic mass is 10.1. The molecule has 0 aliphatic rings. The number of ketones is 1.